The van der Waals surface area contributed by atoms with E-state index in [1.54, 1.807) is 0 Å². The van der Waals surface area contributed by atoms with Gasteiger partial charge >= 0.3 is 0 Å². The van der Waals surface area contributed by atoms with E-state index in [4.69, 9.17) is 9.47 Å². The summed E-state index contributed by atoms with van der Waals surface area (Å²) < 4.78 is 11.0. The van der Waals surface area contributed by atoms with Crippen LogP contribution in [0.25, 0.3) is 11.1 Å². The Morgan fingerprint density at radius 2 is 1.83 bits per heavy atom. The Morgan fingerprint density at radius 3 is 2.52 bits per heavy atom. The predicted octanol–water partition coefficient (Wildman–Crippen LogP) is 2.98. The van der Waals surface area contributed by atoms with Crippen molar-refractivity contribution in [3.05, 3.63) is 54.6 Å². The van der Waals surface area contributed by atoms with Crippen LogP contribution in [0, 0.1) is 0 Å². The van der Waals surface area contributed by atoms with E-state index >= 15 is 0 Å². The maximum atomic E-state index is 12.2. The zero-order valence-corrected chi connectivity index (χ0v) is 13.3. The molecule has 1 unspecified atom stereocenters. The molecule has 0 aromatic heterocycles. The highest BCUT2D eigenvalue weighted by Gasteiger charge is 2.23. The normalized spacial score (nSPS) is 17.8. The van der Waals surface area contributed by atoms with Crippen LogP contribution in [0.3, 0.4) is 0 Å². The molecule has 1 aliphatic rings. The average molecular weight is 311 g/mol. The first-order valence-electron chi connectivity index (χ1n) is 7.89. The highest BCUT2D eigenvalue weighted by Crippen LogP contribution is 2.22. The van der Waals surface area contributed by atoms with Gasteiger partial charge in [-0.3, -0.25) is 4.79 Å². The maximum absolute atomic E-state index is 12.2. The van der Waals surface area contributed by atoms with Crippen LogP contribution in [0.5, 0.6) is 5.75 Å². The van der Waals surface area contributed by atoms with Crippen molar-refractivity contribution in [2.24, 2.45) is 0 Å². The fraction of sp³-hybridized carbons (Fsp3) is 0.316. The fourth-order valence-corrected chi connectivity index (χ4v) is 2.70. The fourth-order valence-electron chi connectivity index (χ4n) is 2.70. The summed E-state index contributed by atoms with van der Waals surface area (Å²) in [6, 6.07) is 18.1. The van der Waals surface area contributed by atoms with Gasteiger partial charge in [0.2, 0.25) is 0 Å². The zero-order valence-electron chi connectivity index (χ0n) is 13.3. The molecule has 1 aliphatic heterocycles. The third-order valence-corrected chi connectivity index (χ3v) is 4.01. The van der Waals surface area contributed by atoms with Gasteiger partial charge in [0.25, 0.3) is 5.91 Å². The van der Waals surface area contributed by atoms with Crippen molar-refractivity contribution in [3.63, 3.8) is 0 Å². The number of rotatable bonds is 4. The molecule has 2 aromatic rings. The predicted molar refractivity (Wildman–Crippen MR) is 89.4 cm³/mol. The monoisotopic (exact) mass is 311 g/mol. The van der Waals surface area contributed by atoms with Crippen LogP contribution in [0.15, 0.2) is 54.6 Å². The van der Waals surface area contributed by atoms with Crippen molar-refractivity contribution in [1.29, 1.82) is 0 Å². The molecular formula is C19H21NO3. The SMILES string of the molecule is CC1COCCN1C(=O)COc1ccc(-c2ccccc2)cc1. The van der Waals surface area contributed by atoms with Gasteiger partial charge in [0, 0.05) is 6.54 Å². The second-order valence-electron chi connectivity index (χ2n) is 5.69. The lowest BCUT2D eigenvalue weighted by Gasteiger charge is -2.33. The minimum Gasteiger partial charge on any atom is -0.484 e. The van der Waals surface area contributed by atoms with Crippen LogP contribution in [-0.4, -0.2) is 43.2 Å². The van der Waals surface area contributed by atoms with Crippen LogP contribution in [0.4, 0.5) is 0 Å². The van der Waals surface area contributed by atoms with Gasteiger partial charge in [-0.2, -0.15) is 0 Å². The first kappa shape index (κ1) is 15.6. The molecule has 120 valence electrons. The van der Waals surface area contributed by atoms with Crippen molar-refractivity contribution >= 4 is 5.91 Å². The molecule has 0 aliphatic carbocycles. The minimum atomic E-state index is 0.00735. The second kappa shape index (κ2) is 7.29. The molecule has 23 heavy (non-hydrogen) atoms. The molecule has 3 rings (SSSR count). The summed E-state index contributed by atoms with van der Waals surface area (Å²) in [5.41, 5.74) is 2.29. The van der Waals surface area contributed by atoms with E-state index in [0.717, 1.165) is 11.1 Å². The molecule has 1 atom stereocenters. The standard InChI is InChI=1S/C19H21NO3/c1-15-13-22-12-11-20(15)19(21)14-23-18-9-7-17(8-10-18)16-5-3-2-4-6-16/h2-10,15H,11-14H2,1H3. The van der Waals surface area contributed by atoms with Gasteiger partial charge in [-0.05, 0) is 30.2 Å². The lowest BCUT2D eigenvalue weighted by Crippen LogP contribution is -2.48. The highest BCUT2D eigenvalue weighted by molar-refractivity contribution is 5.78. The van der Waals surface area contributed by atoms with E-state index in [-0.39, 0.29) is 18.6 Å². The summed E-state index contributed by atoms with van der Waals surface area (Å²) in [7, 11) is 0. The number of amides is 1. The van der Waals surface area contributed by atoms with Crippen LogP contribution in [-0.2, 0) is 9.53 Å². The second-order valence-corrected chi connectivity index (χ2v) is 5.69. The molecule has 0 radical (unpaired) electrons. The topological polar surface area (TPSA) is 38.8 Å². The number of ether oxygens (including phenoxy) is 2. The average Bonchev–Trinajstić information content (AvgIpc) is 2.61. The molecule has 0 spiro atoms. The van der Waals surface area contributed by atoms with Crippen molar-refractivity contribution in [2.75, 3.05) is 26.4 Å². The molecule has 2 aromatic carbocycles. The summed E-state index contributed by atoms with van der Waals surface area (Å²) in [5, 5.41) is 0. The van der Waals surface area contributed by atoms with Gasteiger partial charge in [0.15, 0.2) is 6.61 Å². The van der Waals surface area contributed by atoms with Crippen molar-refractivity contribution < 1.29 is 14.3 Å². The molecule has 1 heterocycles. The van der Waals surface area contributed by atoms with Crippen LogP contribution in [0.2, 0.25) is 0 Å². The Hall–Kier alpha value is -2.33. The Balaban J connectivity index is 1.57. The lowest BCUT2D eigenvalue weighted by molar-refractivity contribution is -0.141. The third-order valence-electron chi connectivity index (χ3n) is 4.01. The van der Waals surface area contributed by atoms with E-state index in [0.29, 0.717) is 25.5 Å². The van der Waals surface area contributed by atoms with E-state index in [9.17, 15) is 4.79 Å². The van der Waals surface area contributed by atoms with Gasteiger partial charge < -0.3 is 14.4 Å². The molecule has 0 N–H and O–H groups in total. The van der Waals surface area contributed by atoms with E-state index in [2.05, 4.69) is 12.1 Å². The number of hydrogen-bond donors (Lipinski definition) is 0. The molecule has 1 saturated heterocycles. The Morgan fingerprint density at radius 1 is 1.13 bits per heavy atom. The number of nitrogens with zero attached hydrogens (tertiary/aromatic N) is 1. The minimum absolute atomic E-state index is 0.00735. The van der Waals surface area contributed by atoms with Crippen molar-refractivity contribution in [1.82, 2.24) is 4.90 Å². The van der Waals surface area contributed by atoms with Gasteiger partial charge in [0.05, 0.1) is 19.3 Å². The Bertz CT molecular complexity index is 639. The molecule has 1 amide bonds. The zero-order chi connectivity index (χ0) is 16.1. The summed E-state index contributed by atoms with van der Waals surface area (Å²) in [5.74, 6) is 0.715. The largest absolute Gasteiger partial charge is 0.484 e. The van der Waals surface area contributed by atoms with E-state index < -0.39 is 0 Å². The van der Waals surface area contributed by atoms with E-state index in [1.165, 1.54) is 0 Å². The first-order chi connectivity index (χ1) is 11.2. The van der Waals surface area contributed by atoms with Crippen LogP contribution < -0.4 is 4.74 Å². The molecule has 0 saturated carbocycles. The van der Waals surface area contributed by atoms with Crippen molar-refractivity contribution in [2.45, 2.75) is 13.0 Å². The van der Waals surface area contributed by atoms with Gasteiger partial charge in [-0.25, -0.2) is 0 Å². The number of carbonyl (C=O) groups is 1. The van der Waals surface area contributed by atoms with Crippen LogP contribution in [0.1, 0.15) is 6.92 Å². The summed E-state index contributed by atoms with van der Waals surface area (Å²) in [4.78, 5) is 14.0. The molecule has 4 nitrogen and oxygen atoms in total. The van der Waals surface area contributed by atoms with Gasteiger partial charge in [-0.15, -0.1) is 0 Å². The summed E-state index contributed by atoms with van der Waals surface area (Å²) in [6.07, 6.45) is 0. The number of benzene rings is 2. The molecule has 1 fully saturated rings. The van der Waals surface area contributed by atoms with Gasteiger partial charge in [0.1, 0.15) is 5.75 Å². The van der Waals surface area contributed by atoms with E-state index in [1.807, 2.05) is 54.3 Å². The molecule has 0 bridgehead atoms. The first-order valence-corrected chi connectivity index (χ1v) is 7.89. The maximum Gasteiger partial charge on any atom is 0.260 e. The Kier molecular flexibility index (Phi) is 4.93. The van der Waals surface area contributed by atoms with Crippen molar-refractivity contribution in [3.8, 4) is 16.9 Å². The lowest BCUT2D eigenvalue weighted by atomic mass is 10.1. The summed E-state index contributed by atoms with van der Waals surface area (Å²) in [6.45, 7) is 3.89. The smallest absolute Gasteiger partial charge is 0.260 e. The highest BCUT2D eigenvalue weighted by atomic mass is 16.5. The number of hydrogen-bond acceptors (Lipinski definition) is 3. The third kappa shape index (κ3) is 3.90. The summed E-state index contributed by atoms with van der Waals surface area (Å²) >= 11 is 0. The molecular weight excluding hydrogens is 290 g/mol. The van der Waals surface area contributed by atoms with Gasteiger partial charge in [-0.1, -0.05) is 42.5 Å². The molecule has 4 heteroatoms. The van der Waals surface area contributed by atoms with Crippen LogP contribution >= 0.6 is 0 Å². The Labute approximate surface area is 136 Å². The number of carbonyl (C=O) groups excluding carboxylic acids is 1. The number of morpholine rings is 1. The quantitative estimate of drug-likeness (QED) is 0.871.